The highest BCUT2D eigenvalue weighted by Crippen LogP contribution is 2.00. The van der Waals surface area contributed by atoms with Crippen molar-refractivity contribution in [3.63, 3.8) is 0 Å². The molecule has 0 aliphatic heterocycles. The third-order valence-electron chi connectivity index (χ3n) is 1.90. The summed E-state index contributed by atoms with van der Waals surface area (Å²) < 4.78 is 10.2. The van der Waals surface area contributed by atoms with Crippen LogP contribution in [0.1, 0.15) is 20.3 Å². The second-order valence-electron chi connectivity index (χ2n) is 3.49. The van der Waals surface area contributed by atoms with Crippen LogP contribution in [0.15, 0.2) is 12.2 Å². The molecule has 14 heavy (non-hydrogen) atoms. The largest absolute Gasteiger partial charge is 0.466 e. The lowest BCUT2D eigenvalue weighted by molar-refractivity contribution is -0.137. The molecule has 0 rings (SSSR count). The quantitative estimate of drug-likeness (QED) is 0.367. The number of rotatable bonds is 7. The van der Waals surface area contributed by atoms with Gasteiger partial charge in [-0.05, 0) is 6.92 Å². The number of carbonyl (C=O) groups is 1. The molecular weight excluding hydrogens is 196 g/mol. The van der Waals surface area contributed by atoms with Crippen LogP contribution in [0, 0.1) is 0 Å². The number of carbonyl (C=O) groups excluding carboxylic acids is 1. The minimum absolute atomic E-state index is 0.283. The first-order chi connectivity index (χ1) is 6.61. The summed E-state index contributed by atoms with van der Waals surface area (Å²) in [6.45, 7) is 7.33. The van der Waals surface area contributed by atoms with Gasteiger partial charge in [-0.3, -0.25) is 0 Å². The van der Waals surface area contributed by atoms with E-state index in [1.807, 2.05) is 0 Å². The van der Waals surface area contributed by atoms with Gasteiger partial charge in [-0.15, -0.1) is 0 Å². The SMILES string of the molecule is C=C(C)C(=O)OC[SiH](CCC)COC. The van der Waals surface area contributed by atoms with Crippen LogP contribution in [0.4, 0.5) is 0 Å². The summed E-state index contributed by atoms with van der Waals surface area (Å²) in [6, 6.07) is 1.15. The fourth-order valence-electron chi connectivity index (χ4n) is 1.18. The molecule has 0 radical (unpaired) electrons. The van der Waals surface area contributed by atoms with Crippen molar-refractivity contribution in [2.45, 2.75) is 26.3 Å². The van der Waals surface area contributed by atoms with E-state index in [4.69, 9.17) is 9.47 Å². The number of hydrogen-bond acceptors (Lipinski definition) is 3. The fourth-order valence-corrected chi connectivity index (χ4v) is 3.28. The maximum atomic E-state index is 11.1. The van der Waals surface area contributed by atoms with E-state index in [0.29, 0.717) is 11.8 Å². The first kappa shape index (κ1) is 13.4. The lowest BCUT2D eigenvalue weighted by atomic mass is 10.4. The van der Waals surface area contributed by atoms with Gasteiger partial charge in [0.25, 0.3) is 0 Å². The molecule has 1 atom stereocenters. The molecule has 4 heteroatoms. The van der Waals surface area contributed by atoms with E-state index in [0.717, 1.165) is 18.7 Å². The summed E-state index contributed by atoms with van der Waals surface area (Å²) in [4.78, 5) is 11.1. The molecule has 0 N–H and O–H groups in total. The monoisotopic (exact) mass is 216 g/mol. The first-order valence-electron chi connectivity index (χ1n) is 4.93. The van der Waals surface area contributed by atoms with Crippen LogP contribution in [-0.2, 0) is 14.3 Å². The van der Waals surface area contributed by atoms with E-state index >= 15 is 0 Å². The maximum Gasteiger partial charge on any atom is 0.332 e. The molecule has 3 nitrogen and oxygen atoms in total. The molecule has 0 aliphatic rings. The van der Waals surface area contributed by atoms with Gasteiger partial charge in [-0.25, -0.2) is 4.79 Å². The smallest absolute Gasteiger partial charge is 0.332 e. The topological polar surface area (TPSA) is 35.5 Å². The van der Waals surface area contributed by atoms with E-state index in [9.17, 15) is 4.79 Å². The third-order valence-corrected chi connectivity index (χ3v) is 4.73. The summed E-state index contributed by atoms with van der Waals surface area (Å²) in [5.41, 5.74) is 0.465. The molecule has 82 valence electrons. The molecule has 0 saturated heterocycles. The average molecular weight is 216 g/mol. The second-order valence-corrected chi connectivity index (χ2v) is 6.46. The highest BCUT2D eigenvalue weighted by atomic mass is 28.3. The summed E-state index contributed by atoms with van der Waals surface area (Å²) in [5.74, 6) is -0.283. The number of ether oxygens (including phenoxy) is 2. The van der Waals surface area contributed by atoms with Crippen molar-refractivity contribution in [3.8, 4) is 0 Å². The van der Waals surface area contributed by atoms with Gasteiger partial charge in [0.15, 0.2) is 0 Å². The Morgan fingerprint density at radius 2 is 2.07 bits per heavy atom. The molecule has 0 aromatic heterocycles. The Bertz CT molecular complexity index is 186. The Labute approximate surface area is 87.7 Å². The minimum Gasteiger partial charge on any atom is -0.466 e. The summed E-state index contributed by atoms with van der Waals surface area (Å²) in [7, 11) is 0.653. The molecule has 0 heterocycles. The van der Waals surface area contributed by atoms with Crippen molar-refractivity contribution in [1.82, 2.24) is 0 Å². The lowest BCUT2D eigenvalue weighted by Gasteiger charge is -2.13. The van der Waals surface area contributed by atoms with Gasteiger partial charge in [-0.1, -0.05) is 26.0 Å². The Kier molecular flexibility index (Phi) is 7.42. The number of methoxy groups -OCH3 is 1. The Morgan fingerprint density at radius 3 is 2.50 bits per heavy atom. The van der Waals surface area contributed by atoms with Gasteiger partial charge in [0, 0.05) is 18.9 Å². The summed E-state index contributed by atoms with van der Waals surface area (Å²) in [6.07, 6.45) is 2.47. The average Bonchev–Trinajstić information content (AvgIpc) is 2.14. The summed E-state index contributed by atoms with van der Waals surface area (Å²) >= 11 is 0. The van der Waals surface area contributed by atoms with Crippen molar-refractivity contribution < 1.29 is 14.3 Å². The van der Waals surface area contributed by atoms with E-state index in [-0.39, 0.29) is 5.97 Å². The van der Waals surface area contributed by atoms with Gasteiger partial charge >= 0.3 is 5.97 Å². The van der Waals surface area contributed by atoms with E-state index < -0.39 is 8.80 Å². The molecule has 0 spiro atoms. The van der Waals surface area contributed by atoms with Gasteiger partial charge in [0.05, 0.1) is 6.23 Å². The minimum atomic E-state index is -1.04. The van der Waals surface area contributed by atoms with E-state index in [1.165, 1.54) is 0 Å². The van der Waals surface area contributed by atoms with Crippen LogP contribution in [0.5, 0.6) is 0 Å². The molecule has 0 fully saturated rings. The van der Waals surface area contributed by atoms with Crippen molar-refractivity contribution >= 4 is 14.8 Å². The molecule has 0 saturated carbocycles. The van der Waals surface area contributed by atoms with E-state index in [2.05, 4.69) is 13.5 Å². The molecule has 0 aromatic rings. The molecular formula is C10H20O3Si. The molecule has 1 unspecified atom stereocenters. The van der Waals surface area contributed by atoms with Crippen molar-refractivity contribution in [1.29, 1.82) is 0 Å². The van der Waals surface area contributed by atoms with Crippen LogP contribution in [0.25, 0.3) is 0 Å². The lowest BCUT2D eigenvalue weighted by Crippen LogP contribution is -2.28. The Morgan fingerprint density at radius 1 is 1.43 bits per heavy atom. The normalized spacial score (nSPS) is 12.2. The first-order valence-corrected chi connectivity index (χ1v) is 7.38. The maximum absolute atomic E-state index is 11.1. The van der Waals surface area contributed by atoms with Crippen LogP contribution >= 0.6 is 0 Å². The highest BCUT2D eigenvalue weighted by molar-refractivity contribution is 6.58. The van der Waals surface area contributed by atoms with Crippen molar-refractivity contribution in [2.24, 2.45) is 0 Å². The van der Waals surface area contributed by atoms with Crippen molar-refractivity contribution in [2.75, 3.05) is 19.6 Å². The predicted octanol–water partition coefficient (Wildman–Crippen LogP) is 1.47. The molecule has 0 aromatic carbocycles. The predicted molar refractivity (Wildman–Crippen MR) is 59.9 cm³/mol. The third kappa shape index (κ3) is 5.94. The van der Waals surface area contributed by atoms with Crippen LogP contribution in [0.3, 0.4) is 0 Å². The number of hydrogen-bond donors (Lipinski definition) is 0. The molecule has 0 amide bonds. The van der Waals surface area contributed by atoms with Gasteiger partial charge in [0.1, 0.15) is 8.80 Å². The fraction of sp³-hybridized carbons (Fsp3) is 0.700. The van der Waals surface area contributed by atoms with Crippen LogP contribution in [0.2, 0.25) is 6.04 Å². The van der Waals surface area contributed by atoms with Gasteiger partial charge in [-0.2, -0.15) is 0 Å². The summed E-state index contributed by atoms with van der Waals surface area (Å²) in [5, 5.41) is 0. The zero-order valence-electron chi connectivity index (χ0n) is 9.34. The van der Waals surface area contributed by atoms with Gasteiger partial charge < -0.3 is 9.47 Å². The molecule has 0 bridgehead atoms. The van der Waals surface area contributed by atoms with Crippen LogP contribution < -0.4 is 0 Å². The standard InChI is InChI=1S/C10H20O3Si/c1-5-6-14(7-12-4)8-13-10(11)9(2)3/h14H,2,5-8H2,1,3-4H3. The van der Waals surface area contributed by atoms with Crippen molar-refractivity contribution in [3.05, 3.63) is 12.2 Å². The highest BCUT2D eigenvalue weighted by Gasteiger charge is 2.13. The Hall–Kier alpha value is -0.613. The second kappa shape index (κ2) is 7.76. The van der Waals surface area contributed by atoms with Gasteiger partial charge in [0.2, 0.25) is 0 Å². The molecule has 0 aliphatic carbocycles. The van der Waals surface area contributed by atoms with E-state index in [1.54, 1.807) is 14.0 Å². The Balaban J connectivity index is 3.80. The zero-order chi connectivity index (χ0) is 11.0. The zero-order valence-corrected chi connectivity index (χ0v) is 10.5. The van der Waals surface area contributed by atoms with Crippen LogP contribution in [-0.4, -0.2) is 34.3 Å². The number of esters is 1.